The van der Waals surface area contributed by atoms with Crippen LogP contribution in [0.3, 0.4) is 0 Å². The number of amides is 8. The molecule has 9 heterocycles. The lowest BCUT2D eigenvalue weighted by molar-refractivity contribution is -0.145. The molecule has 10 N–H and O–H groups in total. The summed E-state index contributed by atoms with van der Waals surface area (Å²) < 4.78 is 20.5. The number of carbonyl (C=O) groups is 9. The van der Waals surface area contributed by atoms with Crippen LogP contribution in [0.4, 0.5) is 0 Å². The Morgan fingerprint density at radius 3 is 1.37 bits per heavy atom. The molecule has 0 saturated carbocycles. The van der Waals surface area contributed by atoms with Gasteiger partial charge in [-0.05, 0) is 126 Å². The Labute approximate surface area is 651 Å². The molecule has 0 aliphatic carbocycles. The third kappa shape index (κ3) is 19.2. The minimum atomic E-state index is -1.54. The highest BCUT2D eigenvalue weighted by Gasteiger charge is 2.51. The zero-order chi connectivity index (χ0) is 80.6. The van der Waals surface area contributed by atoms with Crippen molar-refractivity contribution in [3.05, 3.63) is 196 Å². The Morgan fingerprint density at radius 2 is 0.965 bits per heavy atom. The fourth-order valence-electron chi connectivity index (χ4n) is 14.5. The number of aromatic amines is 1. The summed E-state index contributed by atoms with van der Waals surface area (Å²) in [7, 11) is 3.23. The lowest BCUT2D eigenvalue weighted by Crippen LogP contribution is -2.61. The smallest absolute Gasteiger partial charge is 0.459 e. The molecule has 0 spiro atoms. The Balaban J connectivity index is 0.901. The maximum Gasteiger partial charge on any atom is 0.459 e. The largest absolute Gasteiger partial charge is 0.487 e. The van der Waals surface area contributed by atoms with Crippen molar-refractivity contribution < 1.29 is 62.3 Å². The van der Waals surface area contributed by atoms with E-state index in [9.17, 15) is 24.3 Å². The van der Waals surface area contributed by atoms with Crippen molar-refractivity contribution in [3.8, 4) is 11.5 Å². The van der Waals surface area contributed by atoms with Gasteiger partial charge in [0.1, 0.15) is 78.4 Å². The summed E-state index contributed by atoms with van der Waals surface area (Å²) in [6.45, 7) is 13.8. The summed E-state index contributed by atoms with van der Waals surface area (Å²) in [6, 6.07) is 26.1. The second-order valence-corrected chi connectivity index (χ2v) is 31.3. The number of aliphatic carboxylic acids is 1. The minimum Gasteiger partial charge on any atom is -0.487 e. The monoisotopic (exact) mass is 1540 g/mol. The molecule has 594 valence electrons. The van der Waals surface area contributed by atoms with Gasteiger partial charge in [0.2, 0.25) is 47.3 Å². The fourth-order valence-corrected chi connectivity index (χ4v) is 14.5. The maximum atomic E-state index is 15.7. The third-order valence-corrected chi connectivity index (χ3v) is 21.1. The van der Waals surface area contributed by atoms with E-state index in [-0.39, 0.29) is 70.7 Å². The van der Waals surface area contributed by atoms with Crippen LogP contribution in [-0.2, 0) is 82.0 Å². The van der Waals surface area contributed by atoms with Gasteiger partial charge in [-0.15, -0.1) is 10.2 Å². The number of carboxylic acids is 1. The molecule has 6 aliphatic rings. The summed E-state index contributed by atoms with van der Waals surface area (Å²) in [5, 5.41) is 58.1. The number of likely N-dealkylation sites (N-methyl/N-ethyl adjacent to an activating group) is 2. The number of carbonyl (C=O) groups excluding carboxylic acids is 8. The lowest BCUT2D eigenvalue weighted by Gasteiger charge is -2.37. The number of hydrogen-bond donors (Lipinski definition) is 10. The molecule has 15 rings (SSSR count). The van der Waals surface area contributed by atoms with E-state index >= 15 is 28.8 Å². The molecule has 6 aromatic carbocycles. The molecule has 113 heavy (non-hydrogen) atoms. The zero-order valence-corrected chi connectivity index (χ0v) is 64.6. The number of nitrogens with zero attached hydrogens (tertiary/aromatic N) is 9. The summed E-state index contributed by atoms with van der Waals surface area (Å²) in [4.78, 5) is 153. The number of H-pyrrole nitrogens is 1. The van der Waals surface area contributed by atoms with Crippen LogP contribution in [0.25, 0.3) is 21.5 Å². The van der Waals surface area contributed by atoms with Crippen molar-refractivity contribution in [1.82, 2.24) is 92.5 Å². The van der Waals surface area contributed by atoms with Crippen molar-refractivity contribution in [2.24, 2.45) is 10.8 Å². The number of hydrogen-bond acceptors (Lipinski definition) is 20. The van der Waals surface area contributed by atoms with Crippen LogP contribution in [0, 0.1) is 10.8 Å². The summed E-state index contributed by atoms with van der Waals surface area (Å²) in [5.41, 5.74) is 1.24. The number of aromatic nitrogens is 8. The SMILES string of the molecule is CN[C@@H](C)C(=O)N[C@H](C(=O)N1CC[C@@H]2[C@H]1C(=O)N[C@@H](Cc1ccc3ccccc3c1)C(=O)N[C@H](c1nc(=O)o[nH]1)Cc1ccc(cc1)OCc1cn(nn1)[C@@H]1CCN(C(=O)[C@@H](NC(=O)[C@H](C)NC)C(C)(C)C)[C@@H]1C(=O)N[C@@H](Cc1ccc3ccccc3c1)C(=O)N[C@@H](C(=O)O)Cc1ccc(cc1)OCc1cn2nn1)C(C)(C)C. The van der Waals surface area contributed by atoms with Crippen LogP contribution < -0.4 is 57.8 Å². The van der Waals surface area contributed by atoms with E-state index in [0.29, 0.717) is 45.1 Å². The summed E-state index contributed by atoms with van der Waals surface area (Å²) >= 11 is 0. The van der Waals surface area contributed by atoms with Gasteiger partial charge in [0.05, 0.1) is 42.6 Å². The van der Waals surface area contributed by atoms with E-state index in [1.165, 1.54) is 19.2 Å². The number of rotatable bonds is 14. The van der Waals surface area contributed by atoms with Crippen LogP contribution in [0.15, 0.2) is 155 Å². The molecule has 32 heteroatoms. The maximum absolute atomic E-state index is 15.7. The normalized spacial score (nSPS) is 21.4. The molecule has 3 aromatic heterocycles. The van der Waals surface area contributed by atoms with E-state index < -0.39 is 142 Å². The molecule has 0 radical (unpaired) electrons. The van der Waals surface area contributed by atoms with Crippen LogP contribution in [0.5, 0.6) is 11.5 Å². The van der Waals surface area contributed by atoms with Gasteiger partial charge in [0.15, 0.2) is 5.82 Å². The summed E-state index contributed by atoms with van der Waals surface area (Å²) in [6.07, 6.45) is 3.09. The van der Waals surface area contributed by atoms with Gasteiger partial charge in [0.25, 0.3) is 0 Å². The molecule has 8 amide bonds. The molecule has 32 nitrogen and oxygen atoms in total. The molecule has 8 bridgehead atoms. The quantitative estimate of drug-likeness (QED) is 0.0727. The molecule has 0 unspecified atom stereocenters. The first-order valence-electron chi connectivity index (χ1n) is 37.7. The number of ether oxygens (including phenoxy) is 2. The Bertz CT molecular complexity index is 5030. The van der Waals surface area contributed by atoms with E-state index in [4.69, 9.17) is 14.0 Å². The Morgan fingerprint density at radius 1 is 0.540 bits per heavy atom. The second-order valence-electron chi connectivity index (χ2n) is 31.3. The minimum absolute atomic E-state index is 0.00000856. The molecule has 6 aliphatic heterocycles. The zero-order valence-electron chi connectivity index (χ0n) is 64.6. The van der Waals surface area contributed by atoms with Gasteiger partial charge < -0.3 is 71.4 Å². The van der Waals surface area contributed by atoms with E-state index in [0.717, 1.165) is 21.5 Å². The first kappa shape index (κ1) is 80.3. The third-order valence-electron chi connectivity index (χ3n) is 21.1. The van der Waals surface area contributed by atoms with Crippen LogP contribution in [0.1, 0.15) is 126 Å². The number of nitrogens with one attached hydrogen (secondary N) is 9. The van der Waals surface area contributed by atoms with Gasteiger partial charge in [-0.3, -0.25) is 38.4 Å². The molecule has 2 fully saturated rings. The van der Waals surface area contributed by atoms with Gasteiger partial charge in [-0.25, -0.2) is 24.1 Å². The van der Waals surface area contributed by atoms with Gasteiger partial charge in [-0.2, -0.15) is 4.98 Å². The number of likely N-dealkylation sites (tertiary alicyclic amines) is 2. The predicted molar refractivity (Wildman–Crippen MR) is 414 cm³/mol. The first-order chi connectivity index (χ1) is 54.0. The topological polar surface area (TPSA) is 415 Å². The molecule has 2 saturated heterocycles. The van der Waals surface area contributed by atoms with Crippen LogP contribution >= 0.6 is 0 Å². The highest BCUT2D eigenvalue weighted by Crippen LogP contribution is 2.36. The summed E-state index contributed by atoms with van der Waals surface area (Å²) in [5.74, 6) is -6.77. The number of carboxylic acid groups (broad SMARTS) is 1. The molecular weight excluding hydrogens is 1450 g/mol. The number of benzene rings is 6. The van der Waals surface area contributed by atoms with Crippen molar-refractivity contribution >= 4 is 74.8 Å². The van der Waals surface area contributed by atoms with Gasteiger partial charge in [-0.1, -0.05) is 161 Å². The van der Waals surface area contributed by atoms with Crippen molar-refractivity contribution in [2.45, 2.75) is 180 Å². The standard InChI is InChI=1S/C81H96N18O14/c1-45(82-9)70(100)88-67(80(3,4)5)76(106)96-33-31-63-65(96)74(104)85-60(39-49-19-25-51-15-11-13-17-53(51)35-49)72(102)84-59(69-90-79(110)113-93-69)37-47-21-27-57(28-22-47)111-43-55-41-99(95-91-55)64-32-34-97(77(107)68(81(6,7)8)89-71(101)46(2)83-10)66(64)75(105)86-61(40-50-20-26-52-16-12-14-18-54(52)36-50)73(103)87-62(78(108)109)38-48-23-29-58(30-24-48)112-44-56-42-98(63)94-92-56/h11-30,35-36,41-42,45-46,59-68,82-83H,31-34,37-40,43-44H2,1-10H3,(H,84,102)(H,85,104)(H,86,105)(H,87,103)(H,88,100)(H,89,101)(H,108,109)(H,90,93,110)/t45-,46-,59-,60-,61-,62+,63+,64+,65-,66-,67+,68+/m0/s1. The lowest BCUT2D eigenvalue weighted by atomic mass is 9.85. The van der Waals surface area contributed by atoms with Gasteiger partial charge in [0, 0.05) is 32.4 Å². The van der Waals surface area contributed by atoms with Crippen LogP contribution in [-0.4, -0.2) is 190 Å². The Hall–Kier alpha value is -12.2. The highest BCUT2D eigenvalue weighted by molar-refractivity contribution is 5.98. The molecule has 12 atom stereocenters. The molecule has 9 aromatic rings. The van der Waals surface area contributed by atoms with E-state index in [2.05, 4.69) is 73.3 Å². The number of fused-ring (bicyclic) bond motifs is 2. The predicted octanol–water partition coefficient (Wildman–Crippen LogP) is 4.25. The highest BCUT2D eigenvalue weighted by atomic mass is 16.5. The fraction of sp³-hybridized carbons (Fsp3) is 0.420. The second kappa shape index (κ2) is 34.6. The average molecular weight is 1550 g/mol. The van der Waals surface area contributed by atoms with E-state index in [1.54, 1.807) is 130 Å². The first-order valence-corrected chi connectivity index (χ1v) is 37.7. The average Bonchev–Trinajstić information content (AvgIpc) is 1.64. The van der Waals surface area contributed by atoms with E-state index in [1.807, 2.05) is 84.9 Å². The van der Waals surface area contributed by atoms with Crippen LogP contribution in [0.2, 0.25) is 0 Å². The van der Waals surface area contributed by atoms with Crippen molar-refractivity contribution in [3.63, 3.8) is 0 Å². The van der Waals surface area contributed by atoms with Gasteiger partial charge >= 0.3 is 11.7 Å². The molecular formula is C81H96N18O14. The van der Waals surface area contributed by atoms with Crippen molar-refractivity contribution in [1.29, 1.82) is 0 Å². The van der Waals surface area contributed by atoms with Crippen molar-refractivity contribution in [2.75, 3.05) is 27.2 Å². The Kier molecular flexibility index (Phi) is 24.6.